The van der Waals surface area contributed by atoms with Crippen LogP contribution in [0, 0.1) is 11.8 Å². The Balaban J connectivity index is 0.000000139. The number of aromatic carboxylic acids is 1. The molecule has 4 aromatic rings. The Morgan fingerprint density at radius 3 is 2.38 bits per heavy atom. The fourth-order valence-corrected chi connectivity index (χ4v) is 10.7. The van der Waals surface area contributed by atoms with Gasteiger partial charge in [0.05, 0.1) is 29.3 Å². The topological polar surface area (TPSA) is 202 Å². The molecule has 14 nitrogen and oxygen atoms in total. The molecule has 1 spiro atoms. The Bertz CT molecular complexity index is 2290. The van der Waals surface area contributed by atoms with Crippen LogP contribution >= 0.6 is 0 Å². The number of hydrogen-bond donors (Lipinski definition) is 6. The Kier molecular flexibility index (Phi) is 14.0. The molecule has 0 unspecified atom stereocenters. The lowest BCUT2D eigenvalue weighted by atomic mass is 9.49. The SMILES string of the molecule is CC(=O)Nc1ccc(O)cc1.COc1cccc([C@@]2(O)CCCC[C@@H]2CN(C)C)c1.O=C(O)c1cccnc1.O=C1CC[C@@]2(O)[C@H]3Cc4ccc(O)c5c4[C@@]2(CCN3CC2CC2)[C@H]1O5. The number of nitrogens with zero attached hydrogens (tertiary/aromatic N) is 3. The van der Waals surface area contributed by atoms with Gasteiger partial charge in [-0.1, -0.05) is 31.0 Å². The van der Waals surface area contributed by atoms with Gasteiger partial charge in [-0.15, -0.1) is 0 Å². The number of aromatic hydroxyl groups is 2. The summed E-state index contributed by atoms with van der Waals surface area (Å²) in [5.41, 5.74) is 1.65. The number of methoxy groups -OCH3 is 1. The van der Waals surface area contributed by atoms with Crippen molar-refractivity contribution in [2.75, 3.05) is 46.2 Å². The first-order valence-corrected chi connectivity index (χ1v) is 22.3. The Hall–Kier alpha value is -5.54. The van der Waals surface area contributed by atoms with E-state index in [1.807, 2.05) is 30.3 Å². The van der Waals surface area contributed by atoms with E-state index < -0.39 is 28.7 Å². The van der Waals surface area contributed by atoms with Gasteiger partial charge in [0.2, 0.25) is 5.91 Å². The van der Waals surface area contributed by atoms with E-state index in [2.05, 4.69) is 34.2 Å². The van der Waals surface area contributed by atoms with Crippen LogP contribution in [0.25, 0.3) is 0 Å². The number of rotatable bonds is 8. The van der Waals surface area contributed by atoms with E-state index in [0.717, 1.165) is 80.1 Å². The third kappa shape index (κ3) is 9.46. The van der Waals surface area contributed by atoms with Crippen molar-refractivity contribution in [2.24, 2.45) is 11.8 Å². The van der Waals surface area contributed by atoms with Crippen LogP contribution in [0.2, 0.25) is 0 Å². The number of carbonyl (C=O) groups is 3. The molecule has 3 saturated carbocycles. The van der Waals surface area contributed by atoms with Crippen molar-refractivity contribution in [3.63, 3.8) is 0 Å². The molecule has 1 amide bonds. The third-order valence-electron chi connectivity index (χ3n) is 13.8. The maximum Gasteiger partial charge on any atom is 0.337 e. The summed E-state index contributed by atoms with van der Waals surface area (Å²) in [5, 5.41) is 53.3. The molecule has 0 radical (unpaired) electrons. The minimum absolute atomic E-state index is 0.0454. The van der Waals surface area contributed by atoms with E-state index in [9.17, 15) is 29.7 Å². The molecule has 10 rings (SSSR count). The fraction of sp³-hybridized carbons (Fsp3) is 0.480. The lowest BCUT2D eigenvalue weighted by Gasteiger charge is -2.62. The maximum atomic E-state index is 12.7. The summed E-state index contributed by atoms with van der Waals surface area (Å²) in [6.07, 6.45) is 11.4. The first kappa shape index (κ1) is 46.5. The van der Waals surface area contributed by atoms with Crippen LogP contribution in [-0.4, -0.2) is 117 Å². The van der Waals surface area contributed by atoms with Crippen LogP contribution in [0.3, 0.4) is 0 Å². The quantitative estimate of drug-likeness (QED) is 0.108. The van der Waals surface area contributed by atoms with E-state index in [1.54, 1.807) is 31.4 Å². The minimum Gasteiger partial charge on any atom is -0.508 e. The molecule has 3 heterocycles. The van der Waals surface area contributed by atoms with Crippen molar-refractivity contribution in [2.45, 2.75) is 99.9 Å². The van der Waals surface area contributed by atoms with E-state index in [-0.39, 0.29) is 34.8 Å². The summed E-state index contributed by atoms with van der Waals surface area (Å²) in [4.78, 5) is 41.7. The summed E-state index contributed by atoms with van der Waals surface area (Å²) in [7, 11) is 5.81. The van der Waals surface area contributed by atoms with E-state index in [4.69, 9.17) is 19.7 Å². The molecule has 6 atom stereocenters. The number of pyridine rings is 1. The van der Waals surface area contributed by atoms with Gasteiger partial charge < -0.3 is 45.2 Å². The Labute approximate surface area is 374 Å². The number of hydrogen-bond acceptors (Lipinski definition) is 12. The van der Waals surface area contributed by atoms with Gasteiger partial charge in [0.15, 0.2) is 23.4 Å². The normalized spacial score (nSPS) is 27.2. The third-order valence-corrected chi connectivity index (χ3v) is 13.8. The highest BCUT2D eigenvalue weighted by atomic mass is 16.5. The summed E-state index contributed by atoms with van der Waals surface area (Å²) < 4.78 is 11.3. The number of benzene rings is 3. The van der Waals surface area contributed by atoms with Crippen LogP contribution in [0.15, 0.2) is 85.2 Å². The molecule has 3 aromatic carbocycles. The molecule has 6 N–H and O–H groups in total. The number of carbonyl (C=O) groups excluding carboxylic acids is 2. The molecule has 1 aromatic heterocycles. The van der Waals surface area contributed by atoms with E-state index in [0.29, 0.717) is 30.2 Å². The van der Waals surface area contributed by atoms with Gasteiger partial charge in [0.1, 0.15) is 11.5 Å². The van der Waals surface area contributed by atoms with Gasteiger partial charge in [-0.3, -0.25) is 19.5 Å². The molecule has 6 aliphatic rings. The summed E-state index contributed by atoms with van der Waals surface area (Å²) in [6.45, 7) is 4.31. The number of likely N-dealkylation sites (tertiary alicyclic amines) is 1. The van der Waals surface area contributed by atoms with Crippen LogP contribution in [0.5, 0.6) is 23.0 Å². The van der Waals surface area contributed by atoms with Crippen molar-refractivity contribution >= 4 is 23.3 Å². The number of carboxylic acid groups (broad SMARTS) is 1. The molecular formula is C50H62N4O10. The molecule has 342 valence electrons. The lowest BCUT2D eigenvalue weighted by Crippen LogP contribution is -2.76. The zero-order valence-electron chi connectivity index (χ0n) is 37.2. The number of aromatic nitrogens is 1. The smallest absolute Gasteiger partial charge is 0.337 e. The van der Waals surface area contributed by atoms with Crippen molar-refractivity contribution in [1.29, 1.82) is 0 Å². The number of nitrogens with one attached hydrogen (secondary N) is 1. The molecule has 2 bridgehead atoms. The number of carboxylic acids is 1. The van der Waals surface area contributed by atoms with Gasteiger partial charge in [0, 0.05) is 62.0 Å². The second kappa shape index (κ2) is 19.3. The van der Waals surface area contributed by atoms with Gasteiger partial charge in [0.25, 0.3) is 0 Å². The second-order valence-electron chi connectivity index (χ2n) is 18.4. The Morgan fingerprint density at radius 1 is 0.969 bits per heavy atom. The number of amides is 1. The van der Waals surface area contributed by atoms with Crippen molar-refractivity contribution in [3.05, 3.63) is 107 Å². The van der Waals surface area contributed by atoms with E-state index in [1.165, 1.54) is 56.8 Å². The monoisotopic (exact) mass is 878 g/mol. The van der Waals surface area contributed by atoms with Gasteiger partial charge in [-0.25, -0.2) is 4.79 Å². The number of anilines is 1. The maximum absolute atomic E-state index is 12.7. The number of piperidine rings is 1. The van der Waals surface area contributed by atoms with Crippen molar-refractivity contribution in [3.8, 4) is 23.0 Å². The molecule has 2 aliphatic heterocycles. The molecule has 1 saturated heterocycles. The first-order chi connectivity index (χ1) is 30.6. The highest BCUT2D eigenvalue weighted by molar-refractivity contribution is 5.90. The zero-order valence-corrected chi connectivity index (χ0v) is 37.2. The first-order valence-electron chi connectivity index (χ1n) is 22.3. The summed E-state index contributed by atoms with van der Waals surface area (Å²) in [6, 6.07) is 21.0. The van der Waals surface area contributed by atoms with Gasteiger partial charge in [-0.05, 0) is 137 Å². The summed E-state index contributed by atoms with van der Waals surface area (Å²) in [5.74, 6) is 1.64. The highest BCUT2D eigenvalue weighted by Crippen LogP contribution is 2.65. The Morgan fingerprint density at radius 2 is 1.73 bits per heavy atom. The number of phenols is 2. The van der Waals surface area contributed by atoms with Crippen LogP contribution in [0.1, 0.15) is 91.8 Å². The highest BCUT2D eigenvalue weighted by Gasteiger charge is 2.73. The largest absolute Gasteiger partial charge is 0.508 e. The fourth-order valence-electron chi connectivity index (χ4n) is 10.7. The van der Waals surface area contributed by atoms with Crippen LogP contribution in [-0.2, 0) is 27.0 Å². The molecule has 4 fully saturated rings. The zero-order chi connectivity index (χ0) is 45.8. The van der Waals surface area contributed by atoms with E-state index >= 15 is 0 Å². The number of ketones is 1. The number of ether oxygens (including phenoxy) is 2. The van der Waals surface area contributed by atoms with Crippen LogP contribution < -0.4 is 14.8 Å². The average molecular weight is 879 g/mol. The van der Waals surface area contributed by atoms with Crippen molar-refractivity contribution < 1.29 is 49.4 Å². The lowest BCUT2D eigenvalue weighted by molar-refractivity contribution is -0.188. The predicted molar refractivity (Wildman–Crippen MR) is 241 cm³/mol. The van der Waals surface area contributed by atoms with Crippen molar-refractivity contribution in [1.82, 2.24) is 14.8 Å². The van der Waals surface area contributed by atoms with Gasteiger partial charge >= 0.3 is 5.97 Å². The summed E-state index contributed by atoms with van der Waals surface area (Å²) >= 11 is 0. The minimum atomic E-state index is -0.942. The number of Topliss-reactive ketones (excluding diaryl/α,β-unsaturated/α-hetero) is 1. The number of aliphatic hydroxyl groups is 2. The standard InChI is InChI=1S/C20H23NO4.C16H25NO2.C8H9NO2.C6H5NO2/c22-13-4-3-12-9-15-20(24)6-5-14(23)18-19(20,16(12)17(13)25-18)7-8-21(15)10-11-1-2-11;1-17(2)12-14-7-4-5-10-16(14,18)13-8-6-9-15(11-13)19-3;1-6(10)9-7-2-4-8(11)5-3-7;8-6(9)5-2-1-3-7-4-5/h3-4,11,15,18,22,24H,1-2,5-10H2;6,8-9,11,14,18H,4-5,7,10,12H2,1-3H3;2-5,11H,1H3,(H,9,10);1-4H,(H,8,9)/t15-,18+,19+,20-;14-,16+;;/m11../s1. The number of phenolic OH excluding ortho intramolecular Hbond substituents is 2. The van der Waals surface area contributed by atoms with Crippen LogP contribution in [0.4, 0.5) is 5.69 Å². The second-order valence-corrected chi connectivity index (χ2v) is 18.4. The molecule has 14 heteroatoms. The molecule has 4 aliphatic carbocycles. The predicted octanol–water partition coefficient (Wildman–Crippen LogP) is 6.29. The average Bonchev–Trinajstić information content (AvgIpc) is 4.03. The van der Waals surface area contributed by atoms with Gasteiger partial charge in [-0.2, -0.15) is 0 Å². The molecule has 64 heavy (non-hydrogen) atoms. The molecular weight excluding hydrogens is 817 g/mol.